The van der Waals surface area contributed by atoms with Crippen molar-refractivity contribution in [2.45, 2.75) is 25.4 Å². The summed E-state index contributed by atoms with van der Waals surface area (Å²) in [7, 11) is 1.61. The summed E-state index contributed by atoms with van der Waals surface area (Å²) < 4.78 is 5.09. The Balaban J connectivity index is 0.00000192. The number of ether oxygens (including phenoxy) is 1. The summed E-state index contributed by atoms with van der Waals surface area (Å²) in [6.45, 7) is 2.28. The average molecular weight is 341 g/mol. The van der Waals surface area contributed by atoms with E-state index >= 15 is 0 Å². The molecule has 1 aromatic rings. The molecule has 1 spiro atoms. The fraction of sp³-hybridized carbons (Fsp3) is 0.588. The highest BCUT2D eigenvalue weighted by atomic mass is 35.5. The van der Waals surface area contributed by atoms with E-state index in [4.69, 9.17) is 4.74 Å². The van der Waals surface area contributed by atoms with E-state index in [2.05, 4.69) is 10.6 Å². The molecule has 6 heteroatoms. The molecular weight excluding hydrogens is 316 g/mol. The van der Waals surface area contributed by atoms with E-state index in [0.717, 1.165) is 43.7 Å². The van der Waals surface area contributed by atoms with Gasteiger partial charge in [0.15, 0.2) is 0 Å². The van der Waals surface area contributed by atoms with Crippen LogP contribution in [0, 0.1) is 11.3 Å². The van der Waals surface area contributed by atoms with Crippen LogP contribution in [0.4, 0.5) is 0 Å². The lowest BCUT2D eigenvalue weighted by Gasteiger charge is -2.23. The largest absolute Gasteiger partial charge is 0.497 e. The van der Waals surface area contributed by atoms with Gasteiger partial charge in [0.05, 0.1) is 13.2 Å². The third-order valence-electron chi connectivity index (χ3n) is 5.08. The van der Waals surface area contributed by atoms with Crippen LogP contribution in [-0.2, 0) is 4.79 Å². The molecular formula is C17H25ClN2O3. The molecule has 0 aromatic heterocycles. The lowest BCUT2D eigenvalue weighted by Crippen LogP contribution is -2.35. The van der Waals surface area contributed by atoms with Gasteiger partial charge in [-0.15, -0.1) is 12.4 Å². The molecule has 1 aromatic carbocycles. The van der Waals surface area contributed by atoms with Crippen LogP contribution in [0.25, 0.3) is 0 Å². The molecule has 0 radical (unpaired) electrons. The van der Waals surface area contributed by atoms with Crippen LogP contribution < -0.4 is 15.4 Å². The van der Waals surface area contributed by atoms with E-state index in [-0.39, 0.29) is 36.2 Å². The first-order valence-electron chi connectivity index (χ1n) is 7.95. The van der Waals surface area contributed by atoms with Crippen LogP contribution in [0.1, 0.15) is 30.9 Å². The zero-order valence-electron chi connectivity index (χ0n) is 13.4. The van der Waals surface area contributed by atoms with Crippen molar-refractivity contribution < 1.29 is 14.6 Å². The molecule has 2 atom stereocenters. The molecule has 3 N–H and O–H groups in total. The fourth-order valence-electron chi connectivity index (χ4n) is 3.46. The Bertz CT molecular complexity index is 529. The second-order valence-electron chi connectivity index (χ2n) is 6.40. The van der Waals surface area contributed by atoms with Gasteiger partial charge in [-0.2, -0.15) is 0 Å². The number of piperidine rings is 1. The van der Waals surface area contributed by atoms with Crippen molar-refractivity contribution in [1.29, 1.82) is 0 Å². The highest BCUT2D eigenvalue weighted by molar-refractivity contribution is 5.85. The van der Waals surface area contributed by atoms with Gasteiger partial charge in [-0.1, -0.05) is 12.1 Å². The van der Waals surface area contributed by atoms with E-state index < -0.39 is 6.10 Å². The maximum atomic E-state index is 12.3. The molecule has 2 fully saturated rings. The van der Waals surface area contributed by atoms with Crippen molar-refractivity contribution in [1.82, 2.24) is 10.6 Å². The average Bonchev–Trinajstić information content (AvgIpc) is 3.26. The van der Waals surface area contributed by atoms with Crippen molar-refractivity contribution in [3.05, 3.63) is 29.8 Å². The molecule has 128 valence electrons. The number of halogens is 1. The molecule has 23 heavy (non-hydrogen) atoms. The van der Waals surface area contributed by atoms with Gasteiger partial charge in [0.2, 0.25) is 5.91 Å². The van der Waals surface area contributed by atoms with Gasteiger partial charge in [0.1, 0.15) is 5.75 Å². The van der Waals surface area contributed by atoms with E-state index in [9.17, 15) is 9.90 Å². The van der Waals surface area contributed by atoms with Crippen LogP contribution in [0.5, 0.6) is 5.75 Å². The molecule has 1 aliphatic carbocycles. The first kappa shape index (κ1) is 18.0. The van der Waals surface area contributed by atoms with Crippen molar-refractivity contribution in [3.63, 3.8) is 0 Å². The van der Waals surface area contributed by atoms with Crippen LogP contribution in [0.15, 0.2) is 24.3 Å². The number of aliphatic hydroxyl groups is 1. The lowest BCUT2D eigenvalue weighted by molar-refractivity contribution is -0.123. The van der Waals surface area contributed by atoms with Crippen LogP contribution in [0.3, 0.4) is 0 Å². The van der Waals surface area contributed by atoms with E-state index in [1.165, 1.54) is 0 Å². The molecule has 1 saturated carbocycles. The van der Waals surface area contributed by atoms with Crippen LogP contribution in [-0.4, -0.2) is 37.8 Å². The van der Waals surface area contributed by atoms with Crippen molar-refractivity contribution >= 4 is 18.3 Å². The predicted octanol–water partition coefficient (Wildman–Crippen LogP) is 1.66. The fourth-order valence-corrected chi connectivity index (χ4v) is 3.46. The minimum atomic E-state index is -0.683. The summed E-state index contributed by atoms with van der Waals surface area (Å²) in [6, 6.07) is 7.26. The topological polar surface area (TPSA) is 70.6 Å². The second-order valence-corrected chi connectivity index (χ2v) is 6.40. The standard InChI is InChI=1S/C17H24N2O3.ClH/c1-22-13-4-2-12(3-5-13)15(20)11-19-16(21)14-10-17(14)6-8-18-9-7-17;/h2-5,14-15,18,20H,6-11H2,1H3,(H,19,21);1H. The maximum absolute atomic E-state index is 12.3. The summed E-state index contributed by atoms with van der Waals surface area (Å²) in [5.74, 6) is 0.984. The van der Waals surface area contributed by atoms with Gasteiger partial charge in [-0.05, 0) is 55.5 Å². The molecule has 0 bridgehead atoms. The molecule has 1 amide bonds. The Labute approximate surface area is 143 Å². The van der Waals surface area contributed by atoms with E-state index in [0.29, 0.717) is 0 Å². The number of benzene rings is 1. The van der Waals surface area contributed by atoms with Gasteiger partial charge in [-0.3, -0.25) is 4.79 Å². The van der Waals surface area contributed by atoms with Crippen molar-refractivity contribution in [2.24, 2.45) is 11.3 Å². The SMILES string of the molecule is COc1ccc(C(O)CNC(=O)C2CC23CCNCC3)cc1.Cl. The number of amides is 1. The van der Waals surface area contributed by atoms with Gasteiger partial charge >= 0.3 is 0 Å². The van der Waals surface area contributed by atoms with Crippen molar-refractivity contribution in [3.8, 4) is 5.75 Å². The minimum absolute atomic E-state index is 0. The highest BCUT2D eigenvalue weighted by Crippen LogP contribution is 2.58. The molecule has 5 nitrogen and oxygen atoms in total. The molecule has 2 unspecified atom stereocenters. The zero-order valence-corrected chi connectivity index (χ0v) is 14.2. The third kappa shape index (κ3) is 3.97. The minimum Gasteiger partial charge on any atom is -0.497 e. The molecule has 2 aliphatic rings. The van der Waals surface area contributed by atoms with Crippen molar-refractivity contribution in [2.75, 3.05) is 26.7 Å². The number of aliphatic hydroxyl groups excluding tert-OH is 1. The second kappa shape index (κ2) is 7.51. The Hall–Kier alpha value is -1.30. The lowest BCUT2D eigenvalue weighted by atomic mass is 9.92. The Morgan fingerprint density at radius 2 is 2.04 bits per heavy atom. The van der Waals surface area contributed by atoms with Crippen LogP contribution in [0.2, 0.25) is 0 Å². The number of nitrogens with one attached hydrogen (secondary N) is 2. The number of carbonyl (C=O) groups excluding carboxylic acids is 1. The Kier molecular flexibility index (Phi) is 5.89. The van der Waals surface area contributed by atoms with Gasteiger partial charge in [-0.25, -0.2) is 0 Å². The zero-order chi connectivity index (χ0) is 15.6. The van der Waals surface area contributed by atoms with Gasteiger partial charge < -0.3 is 20.5 Å². The number of methoxy groups -OCH3 is 1. The molecule has 1 saturated heterocycles. The predicted molar refractivity (Wildman–Crippen MR) is 90.9 cm³/mol. The van der Waals surface area contributed by atoms with E-state index in [1.54, 1.807) is 7.11 Å². The normalized spacial score (nSPS) is 22.8. The highest BCUT2D eigenvalue weighted by Gasteiger charge is 2.57. The third-order valence-corrected chi connectivity index (χ3v) is 5.08. The summed E-state index contributed by atoms with van der Waals surface area (Å²) in [6.07, 6.45) is 2.50. The summed E-state index contributed by atoms with van der Waals surface area (Å²) in [5, 5.41) is 16.4. The molecule has 3 rings (SSSR count). The number of hydrogen-bond acceptors (Lipinski definition) is 4. The summed E-state index contributed by atoms with van der Waals surface area (Å²) in [5.41, 5.74) is 1.02. The van der Waals surface area contributed by atoms with E-state index in [1.807, 2.05) is 24.3 Å². The molecule has 1 heterocycles. The number of carbonyl (C=O) groups is 1. The first-order chi connectivity index (χ1) is 10.6. The first-order valence-corrected chi connectivity index (χ1v) is 7.95. The maximum Gasteiger partial charge on any atom is 0.223 e. The smallest absolute Gasteiger partial charge is 0.223 e. The number of rotatable bonds is 5. The van der Waals surface area contributed by atoms with Gasteiger partial charge in [0.25, 0.3) is 0 Å². The molecule has 1 aliphatic heterocycles. The quantitative estimate of drug-likeness (QED) is 0.762. The monoisotopic (exact) mass is 340 g/mol. The summed E-state index contributed by atoms with van der Waals surface area (Å²) >= 11 is 0. The Morgan fingerprint density at radius 1 is 1.39 bits per heavy atom. The number of hydrogen-bond donors (Lipinski definition) is 3. The Morgan fingerprint density at radius 3 is 2.65 bits per heavy atom. The van der Waals surface area contributed by atoms with Gasteiger partial charge in [0, 0.05) is 12.5 Å². The summed E-state index contributed by atoms with van der Waals surface area (Å²) in [4.78, 5) is 12.3. The van der Waals surface area contributed by atoms with Crippen LogP contribution >= 0.6 is 12.4 Å².